The maximum Gasteiger partial charge on any atom is 0.426 e. The Hall–Kier alpha value is -2.33. The van der Waals surface area contributed by atoms with Crippen molar-refractivity contribution in [1.82, 2.24) is 20.7 Å². The summed E-state index contributed by atoms with van der Waals surface area (Å²) in [5, 5.41) is 0. The second-order valence-electron chi connectivity index (χ2n) is 8.96. The van der Waals surface area contributed by atoms with Crippen LogP contribution in [0.25, 0.3) is 0 Å². The highest BCUT2D eigenvalue weighted by Gasteiger charge is 2.86. The molecule has 0 radical (unpaired) electrons. The number of amides is 2. The summed E-state index contributed by atoms with van der Waals surface area (Å²) >= 11 is 0. The number of hydrazine groups is 1. The molecule has 2 saturated heterocycles. The number of hydrogen-bond acceptors (Lipinski definition) is 5. The normalized spacial score (nSPS) is 29.3. The predicted molar refractivity (Wildman–Crippen MR) is 106 cm³/mol. The van der Waals surface area contributed by atoms with Crippen molar-refractivity contribution in [2.75, 3.05) is 33.2 Å². The number of piperidine rings is 2. The number of fused-ring (bicyclic) bond motifs is 1. The van der Waals surface area contributed by atoms with Gasteiger partial charge in [0, 0.05) is 32.7 Å². The van der Waals surface area contributed by atoms with Crippen LogP contribution in [0.5, 0.6) is 0 Å². The molecule has 170 valence electrons. The molecule has 7 nitrogen and oxygen atoms in total. The summed E-state index contributed by atoms with van der Waals surface area (Å²) in [7, 11) is 1.97. The quantitative estimate of drug-likeness (QED) is 0.703. The summed E-state index contributed by atoms with van der Waals surface area (Å²) in [6.45, 7) is 1.66. The highest BCUT2D eigenvalue weighted by molar-refractivity contribution is 5.89. The van der Waals surface area contributed by atoms with E-state index in [2.05, 4.69) is 15.8 Å². The van der Waals surface area contributed by atoms with Crippen LogP contribution in [-0.2, 0) is 16.1 Å². The number of benzene rings is 1. The Balaban J connectivity index is 1.36. The molecule has 1 aliphatic carbocycles. The molecule has 3 aliphatic rings. The van der Waals surface area contributed by atoms with E-state index in [9.17, 15) is 22.8 Å². The van der Waals surface area contributed by atoms with E-state index in [1.54, 1.807) is 4.90 Å². The zero-order chi connectivity index (χ0) is 22.3. The Bertz CT molecular complexity index is 829. The van der Waals surface area contributed by atoms with Gasteiger partial charge in [-0.05, 0) is 31.9 Å². The Morgan fingerprint density at radius 2 is 1.81 bits per heavy atom. The number of rotatable bonds is 4. The van der Waals surface area contributed by atoms with Gasteiger partial charge >= 0.3 is 12.3 Å². The van der Waals surface area contributed by atoms with Gasteiger partial charge in [0.05, 0.1) is 10.8 Å². The van der Waals surface area contributed by atoms with Crippen molar-refractivity contribution < 1.29 is 27.5 Å². The zero-order valence-corrected chi connectivity index (χ0v) is 17.4. The maximum absolute atomic E-state index is 13.9. The molecular weight excluding hydrogens is 413 g/mol. The standard InChI is InChI=1S/C21H27F3N4O3/c1-27-9-7-16(8-10-27)31-18(30)26-25-17(29)19-12-20(19,21(22,23)24)14-28(13-19)11-15-5-3-2-4-6-15/h2-6,16H,7-14H2,1H3,(H,25,29)(H,26,30)/t19-,20-/m0/s1. The molecule has 2 N–H and O–H groups in total. The molecule has 3 fully saturated rings. The van der Waals surface area contributed by atoms with Crippen molar-refractivity contribution in [2.45, 2.75) is 38.1 Å². The Morgan fingerprint density at radius 3 is 2.45 bits per heavy atom. The van der Waals surface area contributed by atoms with Crippen LogP contribution < -0.4 is 10.9 Å². The van der Waals surface area contributed by atoms with Crippen molar-refractivity contribution in [3.05, 3.63) is 35.9 Å². The van der Waals surface area contributed by atoms with E-state index >= 15 is 0 Å². The third-order valence-electron chi connectivity index (χ3n) is 6.83. The largest absolute Gasteiger partial charge is 0.445 e. The number of alkyl halides is 3. The van der Waals surface area contributed by atoms with Crippen LogP contribution in [0.1, 0.15) is 24.8 Å². The lowest BCUT2D eigenvalue weighted by Gasteiger charge is -2.28. The minimum atomic E-state index is -4.51. The van der Waals surface area contributed by atoms with Gasteiger partial charge in [0.2, 0.25) is 5.91 Å². The monoisotopic (exact) mass is 440 g/mol. The Kier molecular flexibility index (Phi) is 5.63. The molecule has 4 rings (SSSR count). The molecule has 0 aromatic heterocycles. The topological polar surface area (TPSA) is 73.9 Å². The first-order chi connectivity index (χ1) is 14.7. The minimum absolute atomic E-state index is 0.0150. The number of ether oxygens (including phenoxy) is 1. The third kappa shape index (κ3) is 4.10. The summed E-state index contributed by atoms with van der Waals surface area (Å²) < 4.78 is 47.0. The maximum atomic E-state index is 13.9. The van der Waals surface area contributed by atoms with E-state index in [4.69, 9.17) is 4.74 Å². The number of carbonyl (C=O) groups is 2. The molecule has 2 amide bonds. The number of nitrogens with one attached hydrogen (secondary N) is 2. The smallest absolute Gasteiger partial charge is 0.426 e. The van der Waals surface area contributed by atoms with Crippen molar-refractivity contribution in [1.29, 1.82) is 0 Å². The summed E-state index contributed by atoms with van der Waals surface area (Å²) in [6.07, 6.45) is -4.55. The highest BCUT2D eigenvalue weighted by Crippen LogP contribution is 2.74. The van der Waals surface area contributed by atoms with Gasteiger partial charge in [-0.25, -0.2) is 10.2 Å². The van der Waals surface area contributed by atoms with Crippen molar-refractivity contribution in [2.24, 2.45) is 10.8 Å². The van der Waals surface area contributed by atoms with Crippen LogP contribution >= 0.6 is 0 Å². The SMILES string of the molecule is CN1CCC(OC(=O)NNC(=O)[C@]23CN(Cc4ccccc4)C[C@@]2(C(F)(F)F)C3)CC1. The second-order valence-corrected chi connectivity index (χ2v) is 8.96. The van der Waals surface area contributed by atoms with Gasteiger partial charge in [0.15, 0.2) is 0 Å². The van der Waals surface area contributed by atoms with Crippen LogP contribution in [0.2, 0.25) is 0 Å². The molecule has 0 bridgehead atoms. The molecule has 31 heavy (non-hydrogen) atoms. The average molecular weight is 440 g/mol. The van der Waals surface area contributed by atoms with Crippen molar-refractivity contribution in [3.63, 3.8) is 0 Å². The molecule has 10 heteroatoms. The molecule has 2 atom stereocenters. The Morgan fingerprint density at radius 1 is 1.13 bits per heavy atom. The van der Waals surface area contributed by atoms with Crippen LogP contribution in [0, 0.1) is 10.8 Å². The van der Waals surface area contributed by atoms with Gasteiger partial charge in [0.1, 0.15) is 6.10 Å². The minimum Gasteiger partial charge on any atom is -0.445 e. The molecular formula is C21H27F3N4O3. The van der Waals surface area contributed by atoms with Crippen LogP contribution in [0.15, 0.2) is 30.3 Å². The third-order valence-corrected chi connectivity index (χ3v) is 6.83. The zero-order valence-electron chi connectivity index (χ0n) is 17.4. The molecule has 1 aromatic carbocycles. The van der Waals surface area contributed by atoms with E-state index < -0.39 is 29.0 Å². The summed E-state index contributed by atoms with van der Waals surface area (Å²) in [6, 6.07) is 9.19. The Labute approximate surface area is 178 Å². The van der Waals surface area contributed by atoms with Gasteiger partial charge in [-0.15, -0.1) is 0 Å². The lowest BCUT2D eigenvalue weighted by atomic mass is 9.95. The van der Waals surface area contributed by atoms with Crippen LogP contribution in [0.3, 0.4) is 0 Å². The van der Waals surface area contributed by atoms with Gasteiger partial charge in [-0.3, -0.25) is 15.1 Å². The average Bonchev–Trinajstić information content (AvgIpc) is 3.27. The van der Waals surface area contributed by atoms with E-state index in [0.717, 1.165) is 18.7 Å². The summed E-state index contributed by atoms with van der Waals surface area (Å²) in [5.74, 6) is -0.819. The summed E-state index contributed by atoms with van der Waals surface area (Å²) in [5.41, 5.74) is 1.53. The fourth-order valence-electron chi connectivity index (χ4n) is 5.00. The number of carbonyl (C=O) groups excluding carboxylic acids is 2. The van der Waals surface area contributed by atoms with Crippen LogP contribution in [0.4, 0.5) is 18.0 Å². The molecule has 1 saturated carbocycles. The fraction of sp³-hybridized carbons (Fsp3) is 0.619. The van der Waals surface area contributed by atoms with Gasteiger partial charge in [-0.1, -0.05) is 30.3 Å². The van der Waals surface area contributed by atoms with Gasteiger partial charge in [-0.2, -0.15) is 13.2 Å². The lowest BCUT2D eigenvalue weighted by Crippen LogP contribution is -2.49. The van der Waals surface area contributed by atoms with Crippen LogP contribution in [-0.4, -0.2) is 67.3 Å². The first-order valence-corrected chi connectivity index (χ1v) is 10.4. The number of likely N-dealkylation sites (tertiary alicyclic amines) is 2. The van der Waals surface area contributed by atoms with E-state index in [0.29, 0.717) is 19.4 Å². The molecule has 0 unspecified atom stereocenters. The fourth-order valence-corrected chi connectivity index (χ4v) is 5.00. The van der Waals surface area contributed by atoms with Gasteiger partial charge in [0.25, 0.3) is 0 Å². The lowest BCUT2D eigenvalue weighted by molar-refractivity contribution is -0.194. The molecule has 2 heterocycles. The molecule has 2 aliphatic heterocycles. The second kappa shape index (κ2) is 7.98. The number of halogens is 3. The predicted octanol–water partition coefficient (Wildman–Crippen LogP) is 2.29. The van der Waals surface area contributed by atoms with Crippen molar-refractivity contribution >= 4 is 12.0 Å². The van der Waals surface area contributed by atoms with Crippen molar-refractivity contribution in [3.8, 4) is 0 Å². The molecule has 0 spiro atoms. The highest BCUT2D eigenvalue weighted by atomic mass is 19.4. The van der Waals surface area contributed by atoms with E-state index in [1.807, 2.05) is 37.4 Å². The number of nitrogens with zero attached hydrogens (tertiary/aromatic N) is 2. The van der Waals surface area contributed by atoms with Gasteiger partial charge < -0.3 is 9.64 Å². The van der Waals surface area contributed by atoms with E-state index in [1.165, 1.54) is 0 Å². The number of hydrogen-bond donors (Lipinski definition) is 2. The van der Waals surface area contributed by atoms with E-state index in [-0.39, 0.29) is 25.6 Å². The first kappa shape index (κ1) is 21.9. The summed E-state index contributed by atoms with van der Waals surface area (Å²) in [4.78, 5) is 28.6. The first-order valence-electron chi connectivity index (χ1n) is 10.4. The molecule has 1 aromatic rings.